The number of aromatic nitrogens is 4. The number of hydrogen-bond acceptors (Lipinski definition) is 7. The zero-order valence-electron chi connectivity index (χ0n) is 23.5. The number of hydrogen-bond donors (Lipinski definition) is 1. The van der Waals surface area contributed by atoms with Crippen LogP contribution in [0.15, 0.2) is 73.1 Å². The fraction of sp³-hybridized carbons (Fsp3) is 0.233. The quantitative estimate of drug-likeness (QED) is 0.319. The average molecular weight is 603 g/mol. The lowest BCUT2D eigenvalue weighted by Gasteiger charge is -2.38. The van der Waals surface area contributed by atoms with Crippen molar-refractivity contribution in [2.24, 2.45) is 0 Å². The minimum absolute atomic E-state index is 0.153. The second-order valence-electron chi connectivity index (χ2n) is 9.89. The summed E-state index contributed by atoms with van der Waals surface area (Å²) in [5, 5.41) is 16.1. The Morgan fingerprint density at radius 2 is 1.86 bits per heavy atom. The highest BCUT2D eigenvalue weighted by atomic mass is 19.4. The third kappa shape index (κ3) is 5.59. The number of nitrogens with zero attached hydrogens (tertiary/aromatic N) is 7. The van der Waals surface area contributed by atoms with Crippen LogP contribution in [0.1, 0.15) is 50.6 Å². The Bertz CT molecular complexity index is 1770. The first-order chi connectivity index (χ1) is 21.0. The molecule has 0 bridgehead atoms. The minimum atomic E-state index is -4.81. The van der Waals surface area contributed by atoms with Crippen molar-refractivity contribution in [2.75, 3.05) is 25.0 Å². The normalized spacial score (nSPS) is 16.2. The number of fused-ring (bicyclic) bond motifs is 1. The number of benzene rings is 2. The summed E-state index contributed by atoms with van der Waals surface area (Å²) in [6, 6.07) is 16.7. The lowest BCUT2D eigenvalue weighted by atomic mass is 9.82. The van der Waals surface area contributed by atoms with Crippen LogP contribution in [0.5, 0.6) is 0 Å². The Kier molecular flexibility index (Phi) is 8.13. The van der Waals surface area contributed by atoms with Crippen LogP contribution in [0, 0.1) is 11.3 Å². The van der Waals surface area contributed by atoms with Crippen molar-refractivity contribution in [3.05, 3.63) is 101 Å². The molecule has 2 atom stereocenters. The van der Waals surface area contributed by atoms with E-state index in [1.165, 1.54) is 16.8 Å². The van der Waals surface area contributed by atoms with Gasteiger partial charge in [-0.05, 0) is 42.8 Å². The lowest BCUT2D eigenvalue weighted by Crippen LogP contribution is -2.55. The molecule has 44 heavy (non-hydrogen) atoms. The molecular weight excluding hydrogens is 577 g/mol. The Hall–Kier alpha value is -5.58. The predicted molar refractivity (Wildman–Crippen MR) is 151 cm³/mol. The number of likely N-dealkylation sites (N-methyl/N-ethyl adjacent to an activating group) is 1. The highest BCUT2D eigenvalue weighted by Crippen LogP contribution is 2.41. The van der Waals surface area contributed by atoms with Gasteiger partial charge >= 0.3 is 6.18 Å². The second-order valence-corrected chi connectivity index (χ2v) is 9.89. The molecule has 0 unspecified atom stereocenters. The van der Waals surface area contributed by atoms with Crippen LogP contribution in [-0.2, 0) is 11.0 Å². The molecule has 3 heterocycles. The summed E-state index contributed by atoms with van der Waals surface area (Å²) in [5.74, 6) is -3.32. The zero-order chi connectivity index (χ0) is 31.6. The Labute approximate surface area is 249 Å². The van der Waals surface area contributed by atoms with Gasteiger partial charge in [-0.15, -0.1) is 0 Å². The number of amides is 3. The van der Waals surface area contributed by atoms with Crippen LogP contribution in [0.4, 0.5) is 19.0 Å². The third-order valence-corrected chi connectivity index (χ3v) is 7.13. The Morgan fingerprint density at radius 3 is 2.55 bits per heavy atom. The summed E-state index contributed by atoms with van der Waals surface area (Å²) in [4.78, 5) is 50.2. The first-order valence-electron chi connectivity index (χ1n) is 13.4. The van der Waals surface area contributed by atoms with Gasteiger partial charge < -0.3 is 10.2 Å². The van der Waals surface area contributed by atoms with Crippen LogP contribution in [0.25, 0.3) is 5.69 Å². The monoisotopic (exact) mass is 602 g/mol. The van der Waals surface area contributed by atoms with E-state index in [9.17, 15) is 27.6 Å². The maximum absolute atomic E-state index is 14.1. The number of halogens is 3. The van der Waals surface area contributed by atoms with E-state index in [1.807, 2.05) is 36.4 Å². The van der Waals surface area contributed by atoms with Crippen molar-refractivity contribution < 1.29 is 27.6 Å². The second kappa shape index (κ2) is 12.0. The van der Waals surface area contributed by atoms with Gasteiger partial charge in [0.15, 0.2) is 0 Å². The third-order valence-electron chi connectivity index (χ3n) is 7.13. The number of nitriles is 1. The van der Waals surface area contributed by atoms with Crippen LogP contribution < -0.4 is 10.2 Å². The van der Waals surface area contributed by atoms with Crippen molar-refractivity contribution in [3.63, 3.8) is 0 Å². The molecule has 0 radical (unpaired) electrons. The van der Waals surface area contributed by atoms with E-state index in [0.29, 0.717) is 28.7 Å². The van der Waals surface area contributed by atoms with E-state index in [4.69, 9.17) is 5.26 Å². The Balaban J connectivity index is 1.64. The summed E-state index contributed by atoms with van der Waals surface area (Å²) in [5.41, 5.74) is 0.572. The van der Waals surface area contributed by atoms with E-state index < -0.39 is 47.4 Å². The van der Waals surface area contributed by atoms with Crippen LogP contribution >= 0.6 is 0 Å². The van der Waals surface area contributed by atoms with Crippen LogP contribution in [-0.4, -0.2) is 68.5 Å². The summed E-state index contributed by atoms with van der Waals surface area (Å²) >= 11 is 0. The van der Waals surface area contributed by atoms with Gasteiger partial charge in [0.2, 0.25) is 5.82 Å². The summed E-state index contributed by atoms with van der Waals surface area (Å²) < 4.78 is 41.5. The lowest BCUT2D eigenvalue weighted by molar-refractivity contribution is -0.141. The highest BCUT2D eigenvalue weighted by Gasteiger charge is 2.45. The molecule has 5 rings (SSSR count). The van der Waals surface area contributed by atoms with Gasteiger partial charge in [-0.3, -0.25) is 19.3 Å². The molecule has 1 aliphatic rings. The molecule has 2 aromatic heterocycles. The molecule has 224 valence electrons. The predicted octanol–water partition coefficient (Wildman–Crippen LogP) is 3.57. The molecule has 0 saturated carbocycles. The maximum atomic E-state index is 14.1. The van der Waals surface area contributed by atoms with Gasteiger partial charge in [0.1, 0.15) is 24.1 Å². The van der Waals surface area contributed by atoms with Gasteiger partial charge in [0, 0.05) is 36.8 Å². The average Bonchev–Trinajstić information content (AvgIpc) is 3.45. The molecule has 0 aliphatic carbocycles. The number of para-hydroxylation sites is 1. The number of rotatable bonds is 7. The van der Waals surface area contributed by atoms with Crippen molar-refractivity contribution >= 4 is 23.5 Å². The van der Waals surface area contributed by atoms with E-state index in [2.05, 4.69) is 20.4 Å². The molecule has 4 aromatic rings. The largest absolute Gasteiger partial charge is 0.433 e. The molecule has 14 heteroatoms. The zero-order valence-corrected chi connectivity index (χ0v) is 23.5. The fourth-order valence-corrected chi connectivity index (χ4v) is 5.11. The van der Waals surface area contributed by atoms with Crippen molar-refractivity contribution in [3.8, 4) is 11.8 Å². The molecule has 0 spiro atoms. The van der Waals surface area contributed by atoms with Crippen molar-refractivity contribution in [1.82, 2.24) is 30.0 Å². The molecule has 0 saturated heterocycles. The minimum Gasteiger partial charge on any atom is -0.337 e. The fourth-order valence-electron chi connectivity index (χ4n) is 5.11. The van der Waals surface area contributed by atoms with E-state index in [1.54, 1.807) is 42.1 Å². The molecule has 3 amide bonds. The molecule has 1 N–H and O–H groups in total. The van der Waals surface area contributed by atoms with Gasteiger partial charge in [0.25, 0.3) is 17.7 Å². The number of carbonyl (C=O) groups is 3. The first kappa shape index (κ1) is 29.9. The first-order valence-corrected chi connectivity index (χ1v) is 13.4. The maximum Gasteiger partial charge on any atom is 0.433 e. The van der Waals surface area contributed by atoms with Gasteiger partial charge in [-0.1, -0.05) is 30.3 Å². The summed E-state index contributed by atoms with van der Waals surface area (Å²) in [6.07, 6.45) is -2.44. The molecule has 1 aliphatic heterocycles. The van der Waals surface area contributed by atoms with Gasteiger partial charge in [-0.25, -0.2) is 14.6 Å². The van der Waals surface area contributed by atoms with E-state index >= 15 is 0 Å². The van der Waals surface area contributed by atoms with Crippen molar-refractivity contribution in [1.29, 1.82) is 5.26 Å². The van der Waals surface area contributed by atoms with E-state index in [0.717, 1.165) is 6.20 Å². The number of anilines is 1. The molecule has 11 nitrogen and oxygen atoms in total. The highest BCUT2D eigenvalue weighted by molar-refractivity contribution is 6.04. The molecule has 2 aromatic carbocycles. The standard InChI is InChI=1S/C30H25F3N8O3/c1-3-40-27-21(17-36-41(27)20-10-5-4-6-11-20)23(18-8-7-9-19(16-18)28(43)39(2)15-13-34)24(29(40)44)38-26(42)25-35-14-12-22(37-25)30(31,32)33/h4-12,14,16-17,23-24H,3,15H2,1-2H3,(H,38,42)/t23-,24+/m1/s1. The smallest absolute Gasteiger partial charge is 0.337 e. The summed E-state index contributed by atoms with van der Waals surface area (Å²) in [7, 11) is 1.47. The SMILES string of the molecule is CCN1C(=O)[C@@H](NC(=O)c2nccc(C(F)(F)F)n2)[C@H](c2cccc(C(=O)N(C)CC#N)c2)c2cnn(-c3ccccc3)c21. The van der Waals surface area contributed by atoms with Crippen LogP contribution in [0.3, 0.4) is 0 Å². The number of alkyl halides is 3. The van der Waals surface area contributed by atoms with Gasteiger partial charge in [0.05, 0.1) is 18.0 Å². The van der Waals surface area contributed by atoms with Crippen LogP contribution in [0.2, 0.25) is 0 Å². The van der Waals surface area contributed by atoms with E-state index in [-0.39, 0.29) is 18.7 Å². The van der Waals surface area contributed by atoms with Gasteiger partial charge in [-0.2, -0.15) is 23.5 Å². The Morgan fingerprint density at radius 1 is 1.11 bits per heavy atom. The molecular formula is C30H25F3N8O3. The molecule has 0 fully saturated rings. The number of nitrogens with one attached hydrogen (secondary N) is 1. The number of carbonyl (C=O) groups excluding carboxylic acids is 3. The topological polar surface area (TPSA) is 137 Å². The summed E-state index contributed by atoms with van der Waals surface area (Å²) in [6.45, 7) is 1.77. The van der Waals surface area contributed by atoms with Crippen molar-refractivity contribution in [2.45, 2.75) is 25.1 Å².